The first-order valence-corrected chi connectivity index (χ1v) is 11.9. The number of fused-ring (bicyclic) bond motifs is 1. The molecule has 0 unspecified atom stereocenters. The average molecular weight is 482 g/mol. The van der Waals surface area contributed by atoms with Crippen LogP contribution in [0, 0.1) is 0 Å². The number of carbonyl (C=O) groups excluding carboxylic acids is 1. The second-order valence-electron chi connectivity index (χ2n) is 8.23. The van der Waals surface area contributed by atoms with E-state index in [1.54, 1.807) is 6.07 Å². The van der Waals surface area contributed by atoms with E-state index >= 15 is 0 Å². The highest BCUT2D eigenvalue weighted by atomic mass is 16.5. The van der Waals surface area contributed by atoms with Crippen molar-refractivity contribution in [1.29, 1.82) is 0 Å². The number of methoxy groups -OCH3 is 1. The van der Waals surface area contributed by atoms with E-state index in [0.717, 1.165) is 22.5 Å². The molecule has 36 heavy (non-hydrogen) atoms. The molecule has 0 fully saturated rings. The van der Waals surface area contributed by atoms with Crippen molar-refractivity contribution in [2.24, 2.45) is 0 Å². The van der Waals surface area contributed by atoms with Crippen LogP contribution in [0.4, 0.5) is 5.82 Å². The predicted octanol–water partition coefficient (Wildman–Crippen LogP) is 4.50. The third kappa shape index (κ3) is 4.31. The van der Waals surface area contributed by atoms with Crippen LogP contribution in [0.2, 0.25) is 0 Å². The highest BCUT2D eigenvalue weighted by molar-refractivity contribution is 6.06. The molecule has 0 saturated heterocycles. The summed E-state index contributed by atoms with van der Waals surface area (Å²) in [5.41, 5.74) is 3.82. The van der Waals surface area contributed by atoms with Crippen LogP contribution in [0.3, 0.4) is 0 Å². The number of hydrogen-bond acceptors (Lipinski definition) is 6. The fourth-order valence-electron chi connectivity index (χ4n) is 4.39. The molecule has 0 aliphatic rings. The molecule has 2 aromatic carbocycles. The lowest BCUT2D eigenvalue weighted by atomic mass is 9.90. The van der Waals surface area contributed by atoms with E-state index in [1.165, 1.54) is 18.1 Å². The van der Waals surface area contributed by atoms with E-state index in [1.807, 2.05) is 43.3 Å². The number of amides is 1. The maximum absolute atomic E-state index is 13.2. The van der Waals surface area contributed by atoms with Gasteiger partial charge in [0.2, 0.25) is 5.88 Å². The molecule has 3 heterocycles. The third-order valence-corrected chi connectivity index (χ3v) is 6.07. The van der Waals surface area contributed by atoms with Crippen molar-refractivity contribution < 1.29 is 9.53 Å². The Morgan fingerprint density at radius 2 is 1.64 bits per heavy atom. The Morgan fingerprint density at radius 1 is 0.972 bits per heavy atom. The lowest BCUT2D eigenvalue weighted by Crippen LogP contribution is -2.15. The standard InChI is InChI=1S/C27H27N7O2/c1-4-33-21-16-20(26(35)29-22-17-28-34(5-2)32-22)27(36-3)31-24(21)30-25(33)23(18-12-8-6-9-13-18)19-14-10-7-11-15-19/h6-17,23H,4-5H2,1-3H3,(H,29,32,35). The van der Waals surface area contributed by atoms with Gasteiger partial charge in [-0.15, -0.1) is 5.10 Å². The number of rotatable bonds is 8. The summed E-state index contributed by atoms with van der Waals surface area (Å²) in [4.78, 5) is 24.3. The third-order valence-electron chi connectivity index (χ3n) is 6.07. The molecular formula is C27H27N7O2. The quantitative estimate of drug-likeness (QED) is 0.350. The smallest absolute Gasteiger partial charge is 0.262 e. The molecule has 5 rings (SSSR count). The molecule has 3 aromatic heterocycles. The van der Waals surface area contributed by atoms with Crippen LogP contribution >= 0.6 is 0 Å². The Morgan fingerprint density at radius 3 is 2.19 bits per heavy atom. The number of hydrogen-bond donors (Lipinski definition) is 1. The van der Waals surface area contributed by atoms with Crippen molar-refractivity contribution >= 4 is 22.9 Å². The predicted molar refractivity (Wildman–Crippen MR) is 137 cm³/mol. The second kappa shape index (κ2) is 9.99. The van der Waals surface area contributed by atoms with Crippen LogP contribution in [0.5, 0.6) is 5.88 Å². The molecule has 0 bridgehead atoms. The summed E-state index contributed by atoms with van der Waals surface area (Å²) in [6.45, 7) is 5.25. The van der Waals surface area contributed by atoms with Gasteiger partial charge in [-0.05, 0) is 31.0 Å². The summed E-state index contributed by atoms with van der Waals surface area (Å²) < 4.78 is 7.60. The van der Waals surface area contributed by atoms with Gasteiger partial charge in [0.15, 0.2) is 11.5 Å². The fourth-order valence-corrected chi connectivity index (χ4v) is 4.39. The summed E-state index contributed by atoms with van der Waals surface area (Å²) >= 11 is 0. The number of pyridine rings is 1. The summed E-state index contributed by atoms with van der Waals surface area (Å²) in [7, 11) is 1.49. The zero-order valence-corrected chi connectivity index (χ0v) is 20.4. The summed E-state index contributed by atoms with van der Waals surface area (Å²) in [6.07, 6.45) is 1.51. The lowest BCUT2D eigenvalue weighted by molar-refractivity contribution is 0.102. The first-order chi connectivity index (χ1) is 17.6. The van der Waals surface area contributed by atoms with E-state index < -0.39 is 0 Å². The zero-order valence-electron chi connectivity index (χ0n) is 20.4. The molecule has 0 radical (unpaired) electrons. The molecule has 1 N–H and O–H groups in total. The summed E-state index contributed by atoms with van der Waals surface area (Å²) in [5, 5.41) is 11.1. The molecule has 0 aliphatic carbocycles. The van der Waals surface area contributed by atoms with Gasteiger partial charge in [-0.2, -0.15) is 14.9 Å². The minimum atomic E-state index is -0.377. The molecule has 182 valence electrons. The highest BCUT2D eigenvalue weighted by Gasteiger charge is 2.26. The maximum atomic E-state index is 13.2. The number of imidazole rings is 1. The molecule has 0 atom stereocenters. The van der Waals surface area contributed by atoms with Crippen molar-refractivity contribution in [3.05, 3.63) is 95.4 Å². The molecule has 0 spiro atoms. The average Bonchev–Trinajstić information content (AvgIpc) is 3.52. The number of benzene rings is 2. The van der Waals surface area contributed by atoms with Gasteiger partial charge < -0.3 is 14.6 Å². The van der Waals surface area contributed by atoms with Gasteiger partial charge in [-0.3, -0.25) is 4.79 Å². The Labute approximate surface area is 208 Å². The first kappa shape index (κ1) is 23.2. The van der Waals surface area contributed by atoms with Crippen LogP contribution in [-0.2, 0) is 13.1 Å². The van der Waals surface area contributed by atoms with Crippen molar-refractivity contribution in [3.8, 4) is 5.88 Å². The fraction of sp³-hybridized carbons (Fsp3) is 0.222. The van der Waals surface area contributed by atoms with Crippen LogP contribution in [0.1, 0.15) is 47.1 Å². The molecular weight excluding hydrogens is 454 g/mol. The molecule has 5 aromatic rings. The van der Waals surface area contributed by atoms with E-state index in [2.05, 4.69) is 56.3 Å². The molecule has 9 nitrogen and oxygen atoms in total. The SMILES string of the molecule is CCn1ncc(NC(=O)c2cc3c(nc2OC)nc(C(c2ccccc2)c2ccccc2)n3CC)n1. The maximum Gasteiger partial charge on any atom is 0.262 e. The van der Waals surface area contributed by atoms with Gasteiger partial charge in [-0.1, -0.05) is 60.7 Å². The van der Waals surface area contributed by atoms with Crippen molar-refractivity contribution in [3.63, 3.8) is 0 Å². The van der Waals surface area contributed by atoms with Gasteiger partial charge in [0, 0.05) is 6.54 Å². The van der Waals surface area contributed by atoms with E-state index in [9.17, 15) is 4.79 Å². The largest absolute Gasteiger partial charge is 0.480 e. The minimum Gasteiger partial charge on any atom is -0.480 e. The Balaban J connectivity index is 1.63. The molecule has 9 heteroatoms. The van der Waals surface area contributed by atoms with E-state index in [0.29, 0.717) is 30.1 Å². The van der Waals surface area contributed by atoms with Crippen molar-refractivity contribution in [2.75, 3.05) is 12.4 Å². The van der Waals surface area contributed by atoms with Crippen molar-refractivity contribution in [2.45, 2.75) is 32.9 Å². The number of ether oxygens (including phenoxy) is 1. The minimum absolute atomic E-state index is 0.103. The number of nitrogens with one attached hydrogen (secondary N) is 1. The normalized spacial score (nSPS) is 11.2. The Hall–Kier alpha value is -4.53. The first-order valence-electron chi connectivity index (χ1n) is 11.9. The highest BCUT2D eigenvalue weighted by Crippen LogP contribution is 2.34. The number of anilines is 1. The lowest BCUT2D eigenvalue weighted by Gasteiger charge is -2.19. The van der Waals surface area contributed by atoms with Crippen LogP contribution in [0.25, 0.3) is 11.2 Å². The Bertz CT molecular complexity index is 1450. The summed E-state index contributed by atoms with van der Waals surface area (Å²) in [5.74, 6) is 0.933. The van der Waals surface area contributed by atoms with E-state index in [-0.39, 0.29) is 17.7 Å². The van der Waals surface area contributed by atoms with Gasteiger partial charge in [0.1, 0.15) is 11.4 Å². The number of aromatic nitrogens is 6. The zero-order chi connectivity index (χ0) is 25.1. The van der Waals surface area contributed by atoms with Gasteiger partial charge in [0.05, 0.1) is 31.3 Å². The van der Waals surface area contributed by atoms with Crippen LogP contribution in [-0.4, -0.2) is 42.5 Å². The Kier molecular flexibility index (Phi) is 6.44. The van der Waals surface area contributed by atoms with Crippen LogP contribution < -0.4 is 10.1 Å². The topological polar surface area (TPSA) is 99.8 Å². The summed E-state index contributed by atoms with van der Waals surface area (Å²) in [6, 6.07) is 22.3. The van der Waals surface area contributed by atoms with Gasteiger partial charge >= 0.3 is 0 Å². The monoisotopic (exact) mass is 481 g/mol. The molecule has 1 amide bonds. The van der Waals surface area contributed by atoms with Crippen LogP contribution in [0.15, 0.2) is 72.9 Å². The molecule has 0 saturated carbocycles. The van der Waals surface area contributed by atoms with Gasteiger partial charge in [0.25, 0.3) is 5.91 Å². The second-order valence-corrected chi connectivity index (χ2v) is 8.23. The van der Waals surface area contributed by atoms with Gasteiger partial charge in [-0.25, -0.2) is 4.98 Å². The van der Waals surface area contributed by atoms with E-state index in [4.69, 9.17) is 9.72 Å². The van der Waals surface area contributed by atoms with Crippen molar-refractivity contribution in [1.82, 2.24) is 29.5 Å². The number of nitrogens with zero attached hydrogens (tertiary/aromatic N) is 6. The number of aryl methyl sites for hydroxylation is 2. The molecule has 0 aliphatic heterocycles. The number of carbonyl (C=O) groups is 1.